The molecular formula is C27H35F2N3O6SSi. The summed E-state index contributed by atoms with van der Waals surface area (Å²) in [6.45, 7) is 5.88. The van der Waals surface area contributed by atoms with E-state index in [1.165, 1.54) is 27.3 Å². The topological polar surface area (TPSA) is 109 Å². The number of nitrogens with one attached hydrogen (secondary N) is 1. The Bertz CT molecular complexity index is 1550. The highest BCUT2D eigenvalue weighted by Gasteiger charge is 2.34. The van der Waals surface area contributed by atoms with Crippen LogP contribution in [0.15, 0.2) is 47.3 Å². The molecule has 1 aliphatic heterocycles. The van der Waals surface area contributed by atoms with Crippen LogP contribution in [0.1, 0.15) is 30.1 Å². The molecule has 0 bridgehead atoms. The number of alkyl halides is 2. The fourth-order valence-corrected chi connectivity index (χ4v) is 7.05. The Morgan fingerprint density at radius 1 is 1.10 bits per heavy atom. The minimum absolute atomic E-state index is 0.00824. The molecule has 1 amide bonds. The van der Waals surface area contributed by atoms with Gasteiger partial charge in [-0.2, -0.15) is 8.78 Å². The molecule has 2 heterocycles. The van der Waals surface area contributed by atoms with Gasteiger partial charge in [-0.3, -0.25) is 13.9 Å². The molecule has 3 aromatic rings. The number of ether oxygens (including phenoxy) is 2. The number of carbonyl (C=O) groups excluding carboxylic acids is 1. The third kappa shape index (κ3) is 7.18. The molecule has 0 saturated carbocycles. The van der Waals surface area contributed by atoms with E-state index in [2.05, 4.69) is 29.7 Å². The first kappa shape index (κ1) is 29.9. The number of amides is 1. The number of nitrogens with zero attached hydrogens (tertiary/aromatic N) is 2. The summed E-state index contributed by atoms with van der Waals surface area (Å²) in [5, 5.41) is 2.97. The number of imidazole rings is 1. The van der Waals surface area contributed by atoms with Crippen molar-refractivity contribution in [3.8, 4) is 11.4 Å². The van der Waals surface area contributed by atoms with E-state index >= 15 is 0 Å². The van der Waals surface area contributed by atoms with E-state index in [1.54, 1.807) is 24.3 Å². The summed E-state index contributed by atoms with van der Waals surface area (Å²) in [5.74, 6) is -0.462. The first-order valence-corrected chi connectivity index (χ1v) is 18.6. The maximum atomic E-state index is 13.6. The predicted molar refractivity (Wildman–Crippen MR) is 152 cm³/mol. The zero-order chi connectivity index (χ0) is 29.3. The Kier molecular flexibility index (Phi) is 8.57. The number of hydrogen-bond acceptors (Lipinski definition) is 6. The molecule has 218 valence electrons. The van der Waals surface area contributed by atoms with E-state index in [1.807, 2.05) is 6.92 Å². The molecule has 1 saturated heterocycles. The van der Waals surface area contributed by atoms with Gasteiger partial charge in [-0.15, -0.1) is 0 Å². The van der Waals surface area contributed by atoms with Crippen LogP contribution in [0.3, 0.4) is 0 Å². The van der Waals surface area contributed by atoms with E-state index in [-0.39, 0.29) is 29.9 Å². The van der Waals surface area contributed by atoms with Gasteiger partial charge in [0.25, 0.3) is 5.91 Å². The average Bonchev–Trinajstić information content (AvgIpc) is 3.13. The molecular weight excluding hydrogens is 560 g/mol. The van der Waals surface area contributed by atoms with E-state index in [9.17, 15) is 26.8 Å². The minimum atomic E-state index is -3.10. The summed E-state index contributed by atoms with van der Waals surface area (Å²) in [4.78, 5) is 26.9. The third-order valence-corrected chi connectivity index (χ3v) is 10.4. The Hall–Kier alpha value is -3.03. The molecule has 0 aliphatic carbocycles. The zero-order valence-electron chi connectivity index (χ0n) is 23.1. The Morgan fingerprint density at radius 2 is 1.80 bits per heavy atom. The van der Waals surface area contributed by atoms with Crippen molar-refractivity contribution in [3.63, 3.8) is 0 Å². The van der Waals surface area contributed by atoms with Gasteiger partial charge in [0.1, 0.15) is 22.3 Å². The summed E-state index contributed by atoms with van der Waals surface area (Å²) in [6.07, 6.45) is 0.624. The number of halogens is 2. The molecule has 0 spiro atoms. The quantitative estimate of drug-likeness (QED) is 0.275. The first-order valence-electron chi connectivity index (χ1n) is 13.1. The number of sulfone groups is 1. The van der Waals surface area contributed by atoms with Crippen LogP contribution in [0.4, 0.5) is 8.78 Å². The van der Waals surface area contributed by atoms with Crippen LogP contribution in [0.5, 0.6) is 5.75 Å². The van der Waals surface area contributed by atoms with Crippen LogP contribution in [0.2, 0.25) is 25.7 Å². The van der Waals surface area contributed by atoms with E-state index in [4.69, 9.17) is 4.74 Å². The maximum absolute atomic E-state index is 13.6. The lowest BCUT2D eigenvalue weighted by Gasteiger charge is -2.34. The summed E-state index contributed by atoms with van der Waals surface area (Å²) in [5.41, 5.74) is 0.377. The highest BCUT2D eigenvalue weighted by Crippen LogP contribution is 2.26. The third-order valence-electron chi connectivity index (χ3n) is 7.05. The summed E-state index contributed by atoms with van der Waals surface area (Å²) in [7, 11) is -4.48. The second-order valence-electron chi connectivity index (χ2n) is 11.6. The molecule has 0 unspecified atom stereocenters. The van der Waals surface area contributed by atoms with Crippen LogP contribution in [0, 0.1) is 0 Å². The van der Waals surface area contributed by atoms with Gasteiger partial charge in [0.05, 0.1) is 28.2 Å². The molecule has 0 atom stereocenters. The molecule has 2 aromatic carbocycles. The lowest BCUT2D eigenvalue weighted by Crippen LogP contribution is -2.50. The van der Waals surface area contributed by atoms with Gasteiger partial charge in [0.15, 0.2) is 0 Å². The predicted octanol–water partition coefficient (Wildman–Crippen LogP) is 4.40. The van der Waals surface area contributed by atoms with Crippen LogP contribution < -0.4 is 15.7 Å². The number of fused-ring (bicyclic) bond motifs is 1. The van der Waals surface area contributed by atoms with Crippen molar-refractivity contribution in [1.29, 1.82) is 0 Å². The standard InChI is InChI=1S/C27H35F2N3O6SSi/c1-27(10-13-39(35,36)14-11-27)30-24(33)19-8-9-22-23(16-19)31(18-37-12-15-40(2,3)4)26(34)32(22)20-6-5-7-21(17-20)38-25(28)29/h5-9,16-17,25H,10-15,18H2,1-4H3,(H,30,33). The normalized spacial score (nSPS) is 16.8. The van der Waals surface area contributed by atoms with E-state index in [0.717, 1.165) is 6.04 Å². The second kappa shape index (κ2) is 11.5. The SMILES string of the molecule is CC1(NC(=O)c2ccc3c(c2)n(COCC[Si](C)(C)C)c(=O)n3-c2cccc(OC(F)F)c2)CCS(=O)(=O)CC1. The summed E-state index contributed by atoms with van der Waals surface area (Å²) < 4.78 is 62.5. The molecule has 1 aliphatic rings. The van der Waals surface area contributed by atoms with Gasteiger partial charge in [0, 0.05) is 31.8 Å². The van der Waals surface area contributed by atoms with Crippen molar-refractivity contribution in [1.82, 2.24) is 14.5 Å². The van der Waals surface area contributed by atoms with Crippen molar-refractivity contribution in [2.75, 3.05) is 18.1 Å². The van der Waals surface area contributed by atoms with Gasteiger partial charge in [-0.25, -0.2) is 13.2 Å². The number of benzene rings is 2. The van der Waals surface area contributed by atoms with Crippen molar-refractivity contribution in [3.05, 3.63) is 58.5 Å². The van der Waals surface area contributed by atoms with Gasteiger partial charge >= 0.3 is 12.3 Å². The summed E-state index contributed by atoms with van der Waals surface area (Å²) >= 11 is 0. The van der Waals surface area contributed by atoms with Crippen molar-refractivity contribution in [2.24, 2.45) is 0 Å². The molecule has 1 aromatic heterocycles. The highest BCUT2D eigenvalue weighted by atomic mass is 32.2. The minimum Gasteiger partial charge on any atom is -0.435 e. The second-order valence-corrected chi connectivity index (χ2v) is 19.6. The average molecular weight is 596 g/mol. The number of hydrogen-bond donors (Lipinski definition) is 1. The molecule has 4 rings (SSSR count). The lowest BCUT2D eigenvalue weighted by atomic mass is 9.94. The molecule has 1 N–H and O–H groups in total. The Balaban J connectivity index is 1.70. The van der Waals surface area contributed by atoms with Gasteiger partial charge in [-0.1, -0.05) is 25.7 Å². The number of rotatable bonds is 10. The Labute approximate surface area is 233 Å². The molecule has 9 nitrogen and oxygen atoms in total. The lowest BCUT2D eigenvalue weighted by molar-refractivity contribution is -0.0498. The van der Waals surface area contributed by atoms with Crippen LogP contribution in [-0.2, 0) is 21.3 Å². The molecule has 1 fully saturated rings. The van der Waals surface area contributed by atoms with Gasteiger partial charge < -0.3 is 14.8 Å². The van der Waals surface area contributed by atoms with Crippen LogP contribution in [0.25, 0.3) is 16.7 Å². The monoisotopic (exact) mass is 595 g/mol. The fraction of sp³-hybridized carbons (Fsp3) is 0.481. The van der Waals surface area contributed by atoms with Gasteiger partial charge in [0.2, 0.25) is 0 Å². The Morgan fingerprint density at radius 3 is 2.45 bits per heavy atom. The van der Waals surface area contributed by atoms with Crippen molar-refractivity contribution < 1.29 is 31.5 Å². The number of carbonyl (C=O) groups is 1. The first-order chi connectivity index (χ1) is 18.7. The molecule has 0 radical (unpaired) electrons. The molecule has 40 heavy (non-hydrogen) atoms. The van der Waals surface area contributed by atoms with Crippen LogP contribution >= 0.6 is 0 Å². The summed E-state index contributed by atoms with van der Waals surface area (Å²) in [6, 6.07) is 11.5. The smallest absolute Gasteiger partial charge is 0.387 e. The largest absolute Gasteiger partial charge is 0.435 e. The maximum Gasteiger partial charge on any atom is 0.387 e. The van der Waals surface area contributed by atoms with E-state index < -0.39 is 35.8 Å². The van der Waals surface area contributed by atoms with Crippen LogP contribution in [-0.4, -0.2) is 61.8 Å². The van der Waals surface area contributed by atoms with Crippen molar-refractivity contribution in [2.45, 2.75) is 64.3 Å². The fourth-order valence-electron chi connectivity index (χ4n) is 4.56. The zero-order valence-corrected chi connectivity index (χ0v) is 24.9. The van der Waals surface area contributed by atoms with Gasteiger partial charge in [-0.05, 0) is 56.1 Å². The molecule has 13 heteroatoms. The van der Waals surface area contributed by atoms with Crippen molar-refractivity contribution >= 4 is 34.9 Å². The van der Waals surface area contributed by atoms with E-state index in [0.29, 0.717) is 41.7 Å². The highest BCUT2D eigenvalue weighted by molar-refractivity contribution is 7.91. The number of aromatic nitrogens is 2.